The molecule has 126 valence electrons. The molecule has 2 heterocycles. The molecule has 0 atom stereocenters. The highest BCUT2D eigenvalue weighted by Crippen LogP contribution is 2.38. The maximum absolute atomic E-state index is 12.8. The minimum absolute atomic E-state index is 0.226. The van der Waals surface area contributed by atoms with Gasteiger partial charge in [0.25, 0.3) is 0 Å². The van der Waals surface area contributed by atoms with Gasteiger partial charge in [-0.3, -0.25) is 4.79 Å². The topological polar surface area (TPSA) is 36.2 Å². The molecule has 0 spiro atoms. The highest BCUT2D eigenvalue weighted by molar-refractivity contribution is 6.11. The Labute approximate surface area is 142 Å². The van der Waals surface area contributed by atoms with Crippen LogP contribution >= 0.6 is 0 Å². The number of rotatable bonds is 6. The lowest BCUT2D eigenvalue weighted by Crippen LogP contribution is -2.13. The number of aromatic nitrogens is 2. The normalized spacial score (nSPS) is 15.0. The number of nitrogens with zero attached hydrogens (tertiary/aromatic N) is 2. The first-order valence-electron chi connectivity index (χ1n) is 8.78. The lowest BCUT2D eigenvalue weighted by molar-refractivity contribution is 0.0956. The van der Waals surface area contributed by atoms with Crippen LogP contribution in [0.15, 0.2) is 30.3 Å². The second kappa shape index (κ2) is 5.78. The molecule has 24 heavy (non-hydrogen) atoms. The fourth-order valence-corrected chi connectivity index (χ4v) is 3.75. The van der Waals surface area contributed by atoms with Crippen LogP contribution in [0.3, 0.4) is 0 Å². The summed E-state index contributed by atoms with van der Waals surface area (Å²) in [6.07, 6.45) is 2.06. The molecule has 1 aromatic carbocycles. The molecule has 4 rings (SSSR count). The summed E-state index contributed by atoms with van der Waals surface area (Å²) in [7, 11) is 1.71. The molecule has 1 saturated carbocycles. The molecule has 1 aliphatic carbocycles. The molecule has 0 bridgehead atoms. The molecular formula is C20H24N2O2. The highest BCUT2D eigenvalue weighted by Gasteiger charge is 2.33. The van der Waals surface area contributed by atoms with E-state index in [4.69, 9.17) is 4.74 Å². The van der Waals surface area contributed by atoms with Crippen LogP contribution in [0, 0.1) is 5.92 Å². The van der Waals surface area contributed by atoms with E-state index in [9.17, 15) is 4.79 Å². The lowest BCUT2D eigenvalue weighted by Gasteiger charge is -2.10. The largest absolute Gasteiger partial charge is 0.383 e. The number of ketones is 1. The average Bonchev–Trinajstić information content (AvgIpc) is 3.28. The second-order valence-corrected chi connectivity index (χ2v) is 7.03. The summed E-state index contributed by atoms with van der Waals surface area (Å²) in [6, 6.07) is 10.9. The summed E-state index contributed by atoms with van der Waals surface area (Å²) >= 11 is 0. The van der Waals surface area contributed by atoms with E-state index in [0.29, 0.717) is 25.0 Å². The number of para-hydroxylation sites is 1. The molecule has 0 saturated heterocycles. The van der Waals surface area contributed by atoms with Crippen LogP contribution in [0.25, 0.3) is 21.9 Å². The van der Waals surface area contributed by atoms with Crippen LogP contribution in [-0.2, 0) is 11.3 Å². The van der Waals surface area contributed by atoms with Crippen LogP contribution in [0.4, 0.5) is 0 Å². The maximum atomic E-state index is 12.8. The third-order valence-corrected chi connectivity index (χ3v) is 4.99. The molecule has 0 N–H and O–H groups in total. The minimum atomic E-state index is 0.226. The smallest absolute Gasteiger partial charge is 0.182 e. The van der Waals surface area contributed by atoms with Crippen LogP contribution in [0.2, 0.25) is 0 Å². The number of hydrogen-bond acceptors (Lipinski definition) is 2. The molecule has 2 aromatic heterocycles. The summed E-state index contributed by atoms with van der Waals surface area (Å²) in [4.78, 5) is 12.8. The molecule has 0 unspecified atom stereocenters. The van der Waals surface area contributed by atoms with Crippen LogP contribution < -0.4 is 0 Å². The Morgan fingerprint density at radius 1 is 1.25 bits per heavy atom. The monoisotopic (exact) mass is 324 g/mol. The standard InChI is InChI=1S/C20H24N2O2/c1-13(2)22-16-7-5-4-6-15(16)19-17(22)12-18(20(23)14-8-9-14)21(19)10-11-24-3/h4-7,12-14H,8-11H2,1-3H3. The van der Waals surface area contributed by atoms with Crippen molar-refractivity contribution in [3.05, 3.63) is 36.0 Å². The number of ether oxygens (including phenoxy) is 1. The molecule has 1 fully saturated rings. The van der Waals surface area contributed by atoms with Gasteiger partial charge >= 0.3 is 0 Å². The van der Waals surface area contributed by atoms with Crippen LogP contribution in [0.1, 0.15) is 43.2 Å². The van der Waals surface area contributed by atoms with Crippen molar-refractivity contribution in [3.8, 4) is 0 Å². The Hall–Kier alpha value is -2.07. The number of hydrogen-bond donors (Lipinski definition) is 0. The maximum Gasteiger partial charge on any atom is 0.182 e. The third kappa shape index (κ3) is 2.28. The summed E-state index contributed by atoms with van der Waals surface area (Å²) in [5.41, 5.74) is 4.40. The molecule has 3 aromatic rings. The van der Waals surface area contributed by atoms with E-state index in [1.807, 2.05) is 0 Å². The first-order chi connectivity index (χ1) is 11.6. The number of benzene rings is 1. The number of methoxy groups -OCH3 is 1. The van der Waals surface area contributed by atoms with Gasteiger partial charge in [-0.2, -0.15) is 0 Å². The predicted molar refractivity (Wildman–Crippen MR) is 96.7 cm³/mol. The van der Waals surface area contributed by atoms with E-state index in [1.165, 1.54) is 16.4 Å². The molecule has 1 aliphatic rings. The Kier molecular flexibility index (Phi) is 3.72. The van der Waals surface area contributed by atoms with E-state index < -0.39 is 0 Å². The van der Waals surface area contributed by atoms with Gasteiger partial charge in [0.15, 0.2) is 5.78 Å². The molecule has 0 radical (unpaired) electrons. The van der Waals surface area contributed by atoms with Gasteiger partial charge in [0.1, 0.15) is 0 Å². The fraction of sp³-hybridized carbons (Fsp3) is 0.450. The van der Waals surface area contributed by atoms with E-state index in [1.54, 1.807) is 7.11 Å². The van der Waals surface area contributed by atoms with Gasteiger partial charge in [-0.05, 0) is 38.8 Å². The van der Waals surface area contributed by atoms with Crippen LogP contribution in [-0.4, -0.2) is 28.6 Å². The van der Waals surface area contributed by atoms with Crippen molar-refractivity contribution in [1.82, 2.24) is 9.13 Å². The van der Waals surface area contributed by atoms with Crippen LogP contribution in [0.5, 0.6) is 0 Å². The summed E-state index contributed by atoms with van der Waals surface area (Å²) in [5, 5.41) is 1.21. The Bertz CT molecular complexity index is 913. The van der Waals surface area contributed by atoms with Crippen molar-refractivity contribution in [3.63, 3.8) is 0 Å². The van der Waals surface area contributed by atoms with Crippen molar-refractivity contribution < 1.29 is 9.53 Å². The van der Waals surface area contributed by atoms with Crippen molar-refractivity contribution >= 4 is 27.7 Å². The first kappa shape index (κ1) is 15.5. The SMILES string of the molecule is COCCn1c(C(=O)C2CC2)cc2c1c1ccccc1n2C(C)C. The van der Waals surface area contributed by atoms with E-state index in [-0.39, 0.29) is 5.92 Å². The minimum Gasteiger partial charge on any atom is -0.383 e. The third-order valence-electron chi connectivity index (χ3n) is 4.99. The number of carbonyl (C=O) groups is 1. The molecule has 4 heteroatoms. The van der Waals surface area contributed by atoms with Gasteiger partial charge in [-0.15, -0.1) is 0 Å². The number of carbonyl (C=O) groups excluding carboxylic acids is 1. The van der Waals surface area contributed by atoms with Gasteiger partial charge < -0.3 is 13.9 Å². The van der Waals surface area contributed by atoms with E-state index in [2.05, 4.69) is 53.3 Å². The summed E-state index contributed by atoms with van der Waals surface area (Å²) in [6.45, 7) is 5.71. The highest BCUT2D eigenvalue weighted by atomic mass is 16.5. The van der Waals surface area contributed by atoms with E-state index in [0.717, 1.165) is 24.1 Å². The van der Waals surface area contributed by atoms with Crippen molar-refractivity contribution in [2.75, 3.05) is 13.7 Å². The Morgan fingerprint density at radius 3 is 2.67 bits per heavy atom. The average molecular weight is 324 g/mol. The predicted octanol–water partition coefficient (Wildman–Crippen LogP) is 4.42. The molecule has 0 aliphatic heterocycles. The quantitative estimate of drug-likeness (QED) is 0.629. The van der Waals surface area contributed by atoms with Gasteiger partial charge in [0.05, 0.1) is 28.9 Å². The van der Waals surface area contributed by atoms with Crippen molar-refractivity contribution in [2.45, 2.75) is 39.3 Å². The Morgan fingerprint density at radius 2 is 2.00 bits per heavy atom. The van der Waals surface area contributed by atoms with Crippen molar-refractivity contribution in [2.24, 2.45) is 5.92 Å². The fourth-order valence-electron chi connectivity index (χ4n) is 3.75. The second-order valence-electron chi connectivity index (χ2n) is 7.03. The van der Waals surface area contributed by atoms with Crippen molar-refractivity contribution in [1.29, 1.82) is 0 Å². The zero-order valence-electron chi connectivity index (χ0n) is 14.6. The molecule has 0 amide bonds. The number of fused-ring (bicyclic) bond motifs is 3. The molecular weight excluding hydrogens is 300 g/mol. The molecule has 4 nitrogen and oxygen atoms in total. The van der Waals surface area contributed by atoms with Gasteiger partial charge in [-0.1, -0.05) is 18.2 Å². The summed E-state index contributed by atoms with van der Waals surface area (Å²) in [5.74, 6) is 0.519. The zero-order chi connectivity index (χ0) is 16.8. The lowest BCUT2D eigenvalue weighted by atomic mass is 10.2. The Balaban J connectivity index is 2.03. The van der Waals surface area contributed by atoms with Gasteiger partial charge in [-0.25, -0.2) is 0 Å². The van der Waals surface area contributed by atoms with Gasteiger partial charge in [0.2, 0.25) is 0 Å². The number of Topliss-reactive ketones (excluding diaryl/α,β-unsaturated/α-hetero) is 1. The van der Waals surface area contributed by atoms with Gasteiger partial charge in [0, 0.05) is 31.0 Å². The summed E-state index contributed by atoms with van der Waals surface area (Å²) < 4.78 is 9.83. The first-order valence-corrected chi connectivity index (χ1v) is 8.78. The zero-order valence-corrected chi connectivity index (χ0v) is 14.6. The van der Waals surface area contributed by atoms with E-state index >= 15 is 0 Å².